The molecule has 26 heavy (non-hydrogen) atoms. The Bertz CT molecular complexity index is 814. The summed E-state index contributed by atoms with van der Waals surface area (Å²) in [6.07, 6.45) is 6.78. The summed E-state index contributed by atoms with van der Waals surface area (Å²) in [6.45, 7) is 2.75. The molecule has 0 aliphatic carbocycles. The van der Waals surface area contributed by atoms with Crippen LogP contribution in [0.5, 0.6) is 5.75 Å². The van der Waals surface area contributed by atoms with Crippen LogP contribution in [0.4, 0.5) is 5.13 Å². The molecule has 1 amide bonds. The van der Waals surface area contributed by atoms with E-state index in [4.69, 9.17) is 4.74 Å². The number of aryl methyl sites for hydroxylation is 2. The van der Waals surface area contributed by atoms with E-state index >= 15 is 0 Å². The number of nitrogens with one attached hydrogen (secondary N) is 1. The fraction of sp³-hybridized carbons (Fsp3) is 0.333. The lowest BCUT2D eigenvalue weighted by Crippen LogP contribution is -2.05. The van der Waals surface area contributed by atoms with Crippen LogP contribution in [0.25, 0.3) is 0 Å². The molecule has 0 fully saturated rings. The van der Waals surface area contributed by atoms with Crippen LogP contribution in [-0.4, -0.2) is 25.9 Å². The van der Waals surface area contributed by atoms with E-state index in [9.17, 15) is 4.79 Å². The maximum Gasteiger partial charge on any atom is 0.223 e. The molecule has 136 valence electrons. The molecular weight excluding hydrogens is 350 g/mol. The Balaban J connectivity index is 1.39. The SMILES string of the molecule is CC(=O)Nc1nc(COc2ccc(CCCCn3ccnn3)cc2)cs1. The van der Waals surface area contributed by atoms with Gasteiger partial charge in [0.2, 0.25) is 5.91 Å². The third-order valence-electron chi connectivity index (χ3n) is 3.72. The van der Waals surface area contributed by atoms with Crippen LogP contribution in [0, 0.1) is 0 Å². The van der Waals surface area contributed by atoms with E-state index in [2.05, 4.69) is 32.7 Å². The first-order valence-electron chi connectivity index (χ1n) is 8.47. The molecule has 1 N–H and O–H groups in total. The summed E-state index contributed by atoms with van der Waals surface area (Å²) in [5, 5.41) is 12.9. The van der Waals surface area contributed by atoms with Gasteiger partial charge in [-0.1, -0.05) is 17.3 Å². The standard InChI is InChI=1S/C18H21N5O2S/c1-14(24)20-18-21-16(13-26-18)12-25-17-7-5-15(6-8-17)4-2-3-10-23-11-9-19-22-23/h5-9,11,13H,2-4,10,12H2,1H3,(H,20,21,24). The van der Waals surface area contributed by atoms with Gasteiger partial charge in [0.05, 0.1) is 11.9 Å². The van der Waals surface area contributed by atoms with Crippen molar-refractivity contribution in [3.8, 4) is 5.75 Å². The zero-order valence-electron chi connectivity index (χ0n) is 14.6. The monoisotopic (exact) mass is 371 g/mol. The van der Waals surface area contributed by atoms with Gasteiger partial charge >= 0.3 is 0 Å². The van der Waals surface area contributed by atoms with E-state index < -0.39 is 0 Å². The van der Waals surface area contributed by atoms with E-state index in [0.717, 1.165) is 37.3 Å². The molecule has 1 aromatic carbocycles. The van der Waals surface area contributed by atoms with E-state index in [1.807, 2.05) is 28.4 Å². The molecule has 8 heteroatoms. The molecule has 3 rings (SSSR count). The van der Waals surface area contributed by atoms with Crippen molar-refractivity contribution in [3.05, 3.63) is 53.3 Å². The van der Waals surface area contributed by atoms with Crippen molar-refractivity contribution in [2.45, 2.75) is 39.3 Å². The van der Waals surface area contributed by atoms with Crippen LogP contribution in [0.1, 0.15) is 31.0 Å². The first-order valence-corrected chi connectivity index (χ1v) is 9.35. The number of unbranched alkanes of at least 4 members (excludes halogenated alkanes) is 1. The Kier molecular flexibility index (Phi) is 6.32. The van der Waals surface area contributed by atoms with Crippen molar-refractivity contribution < 1.29 is 9.53 Å². The molecule has 0 unspecified atom stereocenters. The van der Waals surface area contributed by atoms with Gasteiger partial charge in [-0.15, -0.1) is 16.4 Å². The molecule has 2 heterocycles. The quantitative estimate of drug-likeness (QED) is 0.584. The van der Waals surface area contributed by atoms with Gasteiger partial charge in [0, 0.05) is 25.0 Å². The molecule has 0 saturated carbocycles. The maximum atomic E-state index is 11.0. The van der Waals surface area contributed by atoms with Gasteiger partial charge in [0.25, 0.3) is 0 Å². The van der Waals surface area contributed by atoms with Gasteiger partial charge in [0.15, 0.2) is 5.13 Å². The number of amides is 1. The lowest BCUT2D eigenvalue weighted by Gasteiger charge is -2.06. The number of hydrogen-bond donors (Lipinski definition) is 1. The highest BCUT2D eigenvalue weighted by Crippen LogP contribution is 2.19. The number of hydrogen-bond acceptors (Lipinski definition) is 6. The first kappa shape index (κ1) is 18.1. The molecule has 3 aromatic rings. The number of ether oxygens (including phenoxy) is 1. The summed E-state index contributed by atoms with van der Waals surface area (Å²) in [6, 6.07) is 8.14. The average molecular weight is 371 g/mol. The summed E-state index contributed by atoms with van der Waals surface area (Å²) in [5.74, 6) is 0.689. The second-order valence-corrected chi connectivity index (χ2v) is 6.74. The Hall–Kier alpha value is -2.74. The van der Waals surface area contributed by atoms with Gasteiger partial charge in [-0.25, -0.2) is 4.98 Å². The predicted molar refractivity (Wildman–Crippen MR) is 100 cm³/mol. The molecular formula is C18H21N5O2S. The lowest BCUT2D eigenvalue weighted by molar-refractivity contribution is -0.114. The van der Waals surface area contributed by atoms with Crippen molar-refractivity contribution in [3.63, 3.8) is 0 Å². The topological polar surface area (TPSA) is 81.9 Å². The van der Waals surface area contributed by atoms with Gasteiger partial charge in [-0.3, -0.25) is 9.48 Å². The second kappa shape index (κ2) is 9.10. The molecule has 0 saturated heterocycles. The smallest absolute Gasteiger partial charge is 0.223 e. The Morgan fingerprint density at radius 1 is 1.27 bits per heavy atom. The average Bonchev–Trinajstić information content (AvgIpc) is 3.29. The number of carbonyl (C=O) groups excluding carboxylic acids is 1. The first-order chi connectivity index (χ1) is 12.7. The molecule has 0 bridgehead atoms. The van der Waals surface area contributed by atoms with Gasteiger partial charge in [0.1, 0.15) is 12.4 Å². The second-order valence-electron chi connectivity index (χ2n) is 5.88. The Morgan fingerprint density at radius 2 is 2.12 bits per heavy atom. The minimum absolute atomic E-state index is 0.122. The number of aromatic nitrogens is 4. The van der Waals surface area contributed by atoms with Crippen LogP contribution in [-0.2, 0) is 24.4 Å². The fourth-order valence-corrected chi connectivity index (χ4v) is 3.19. The van der Waals surface area contributed by atoms with E-state index in [0.29, 0.717) is 11.7 Å². The number of rotatable bonds is 9. The highest BCUT2D eigenvalue weighted by atomic mass is 32.1. The zero-order chi connectivity index (χ0) is 18.2. The van der Waals surface area contributed by atoms with Crippen LogP contribution in [0.3, 0.4) is 0 Å². The number of carbonyl (C=O) groups is 1. The zero-order valence-corrected chi connectivity index (χ0v) is 15.4. The molecule has 0 aliphatic rings. The van der Waals surface area contributed by atoms with E-state index in [1.165, 1.54) is 23.8 Å². The largest absolute Gasteiger partial charge is 0.487 e. The maximum absolute atomic E-state index is 11.0. The summed E-state index contributed by atoms with van der Waals surface area (Å²) in [5.41, 5.74) is 2.09. The van der Waals surface area contributed by atoms with Crippen molar-refractivity contribution >= 4 is 22.4 Å². The third kappa shape index (κ3) is 5.66. The fourth-order valence-electron chi connectivity index (χ4n) is 2.45. The van der Waals surface area contributed by atoms with Crippen molar-refractivity contribution in [2.75, 3.05) is 5.32 Å². The third-order valence-corrected chi connectivity index (χ3v) is 4.53. The molecule has 0 spiro atoms. The van der Waals surface area contributed by atoms with Crippen LogP contribution in [0.2, 0.25) is 0 Å². The summed E-state index contributed by atoms with van der Waals surface area (Å²) >= 11 is 1.39. The Morgan fingerprint density at radius 3 is 2.85 bits per heavy atom. The molecule has 0 aliphatic heterocycles. The van der Waals surface area contributed by atoms with Crippen LogP contribution in [0.15, 0.2) is 42.0 Å². The van der Waals surface area contributed by atoms with Crippen molar-refractivity contribution in [2.24, 2.45) is 0 Å². The summed E-state index contributed by atoms with van der Waals surface area (Å²) < 4.78 is 7.61. The molecule has 0 radical (unpaired) electrons. The number of benzene rings is 1. The minimum atomic E-state index is -0.122. The van der Waals surface area contributed by atoms with Gasteiger partial charge in [-0.2, -0.15) is 0 Å². The lowest BCUT2D eigenvalue weighted by atomic mass is 10.1. The highest BCUT2D eigenvalue weighted by molar-refractivity contribution is 7.13. The summed E-state index contributed by atoms with van der Waals surface area (Å²) in [4.78, 5) is 15.3. The molecule has 2 aromatic heterocycles. The van der Waals surface area contributed by atoms with Crippen molar-refractivity contribution in [1.29, 1.82) is 0 Å². The number of thiazole rings is 1. The molecule has 0 atom stereocenters. The predicted octanol–water partition coefficient (Wildman–Crippen LogP) is 3.29. The van der Waals surface area contributed by atoms with E-state index in [-0.39, 0.29) is 5.91 Å². The summed E-state index contributed by atoms with van der Waals surface area (Å²) in [7, 11) is 0. The van der Waals surface area contributed by atoms with Crippen LogP contribution >= 0.6 is 11.3 Å². The molecule has 7 nitrogen and oxygen atoms in total. The van der Waals surface area contributed by atoms with Gasteiger partial charge < -0.3 is 10.1 Å². The number of nitrogens with zero attached hydrogens (tertiary/aromatic N) is 4. The highest BCUT2D eigenvalue weighted by Gasteiger charge is 2.04. The van der Waals surface area contributed by atoms with Gasteiger partial charge in [-0.05, 0) is 37.0 Å². The minimum Gasteiger partial charge on any atom is -0.487 e. The normalized spacial score (nSPS) is 10.7. The van der Waals surface area contributed by atoms with E-state index in [1.54, 1.807) is 6.20 Å². The number of anilines is 1. The van der Waals surface area contributed by atoms with Crippen LogP contribution < -0.4 is 10.1 Å². The Labute approximate surface area is 156 Å². The van der Waals surface area contributed by atoms with Crippen molar-refractivity contribution in [1.82, 2.24) is 20.0 Å².